The number of benzene rings is 2. The number of rotatable bonds is 0. The van der Waals surface area contributed by atoms with Crippen molar-refractivity contribution in [3.63, 3.8) is 0 Å². The van der Waals surface area contributed by atoms with Crippen LogP contribution in [0, 0.1) is 0 Å². The highest BCUT2D eigenvalue weighted by Crippen LogP contribution is 2.46. The van der Waals surface area contributed by atoms with E-state index in [1.807, 2.05) is 0 Å². The van der Waals surface area contributed by atoms with Gasteiger partial charge in [-0.1, -0.05) is 17.8 Å². The van der Waals surface area contributed by atoms with Gasteiger partial charge in [-0.25, -0.2) is 0 Å². The second kappa shape index (κ2) is 5.44. The Morgan fingerprint density at radius 1 is 0.917 bits per heavy atom. The maximum Gasteiger partial charge on any atom is 0.417 e. The monoisotopic (exact) mass is 363 g/mol. The summed E-state index contributed by atoms with van der Waals surface area (Å²) in [6, 6.07) is 5.63. The number of anilines is 1. The van der Waals surface area contributed by atoms with Crippen LogP contribution in [0.5, 0.6) is 0 Å². The molecule has 2 aromatic rings. The first-order chi connectivity index (χ1) is 11.1. The molecule has 1 aliphatic rings. The van der Waals surface area contributed by atoms with Crippen LogP contribution in [0.3, 0.4) is 0 Å². The molecule has 0 fully saturated rings. The van der Waals surface area contributed by atoms with Gasteiger partial charge in [0.15, 0.2) is 0 Å². The molecular weight excluding hydrogens is 356 g/mol. The maximum absolute atomic E-state index is 13.1. The molecule has 0 radical (unpaired) electrons. The van der Waals surface area contributed by atoms with E-state index in [-0.39, 0.29) is 21.0 Å². The summed E-state index contributed by atoms with van der Waals surface area (Å²) >= 11 is 0.609. The summed E-state index contributed by atoms with van der Waals surface area (Å²) in [5.74, 6) is -0.887. The summed E-state index contributed by atoms with van der Waals surface area (Å²) < 4.78 is 77.7. The molecule has 0 atom stereocenters. The van der Waals surface area contributed by atoms with Crippen LogP contribution in [0.1, 0.15) is 21.5 Å². The van der Waals surface area contributed by atoms with Crippen molar-refractivity contribution in [3.05, 3.63) is 53.1 Å². The van der Waals surface area contributed by atoms with Crippen LogP contribution in [0.15, 0.2) is 46.2 Å². The van der Waals surface area contributed by atoms with Crippen molar-refractivity contribution < 1.29 is 31.1 Å². The highest BCUT2D eigenvalue weighted by Gasteiger charge is 2.37. The van der Waals surface area contributed by atoms with Gasteiger partial charge in [0, 0.05) is 9.79 Å². The van der Waals surface area contributed by atoms with E-state index in [2.05, 4.69) is 5.32 Å². The summed E-state index contributed by atoms with van der Waals surface area (Å²) in [4.78, 5) is 11.9. The van der Waals surface area contributed by atoms with Gasteiger partial charge in [-0.05, 0) is 30.3 Å². The highest BCUT2D eigenvalue weighted by atomic mass is 32.2. The van der Waals surface area contributed by atoms with E-state index < -0.39 is 29.4 Å². The Labute approximate surface area is 135 Å². The summed E-state index contributed by atoms with van der Waals surface area (Å²) in [7, 11) is 0. The van der Waals surface area contributed by atoms with Gasteiger partial charge in [0.25, 0.3) is 5.91 Å². The van der Waals surface area contributed by atoms with Gasteiger partial charge in [0.1, 0.15) is 0 Å². The molecule has 1 heterocycles. The Morgan fingerprint density at radius 2 is 1.62 bits per heavy atom. The van der Waals surface area contributed by atoms with Gasteiger partial charge in [-0.15, -0.1) is 0 Å². The van der Waals surface area contributed by atoms with E-state index in [0.29, 0.717) is 17.8 Å². The summed E-state index contributed by atoms with van der Waals surface area (Å²) in [6.45, 7) is 0. The molecule has 9 heteroatoms. The zero-order chi connectivity index (χ0) is 17.7. The number of halogens is 6. The fourth-order valence-electron chi connectivity index (χ4n) is 2.24. The van der Waals surface area contributed by atoms with E-state index in [1.54, 1.807) is 0 Å². The molecule has 0 saturated heterocycles. The van der Waals surface area contributed by atoms with Gasteiger partial charge in [0.2, 0.25) is 0 Å². The van der Waals surface area contributed by atoms with Crippen molar-refractivity contribution in [3.8, 4) is 0 Å². The summed E-state index contributed by atoms with van der Waals surface area (Å²) in [6.07, 6.45) is -9.31. The smallest absolute Gasteiger partial charge is 0.321 e. The van der Waals surface area contributed by atoms with Gasteiger partial charge in [-0.2, -0.15) is 26.3 Å². The Bertz CT molecular complexity index is 828. The number of alkyl halides is 6. The largest absolute Gasteiger partial charge is 0.417 e. The molecule has 2 nitrogen and oxygen atoms in total. The predicted molar refractivity (Wildman–Crippen MR) is 75.0 cm³/mol. The van der Waals surface area contributed by atoms with Gasteiger partial charge in [-0.3, -0.25) is 4.79 Å². The molecule has 1 N–H and O–H groups in total. The third-order valence-corrected chi connectivity index (χ3v) is 4.55. The van der Waals surface area contributed by atoms with E-state index >= 15 is 0 Å². The molecule has 0 aromatic heterocycles. The lowest BCUT2D eigenvalue weighted by Crippen LogP contribution is -2.15. The van der Waals surface area contributed by atoms with Crippen molar-refractivity contribution in [1.82, 2.24) is 0 Å². The van der Waals surface area contributed by atoms with Crippen molar-refractivity contribution >= 4 is 23.4 Å². The van der Waals surface area contributed by atoms with Crippen molar-refractivity contribution in [2.75, 3.05) is 5.32 Å². The van der Waals surface area contributed by atoms with Crippen LogP contribution < -0.4 is 5.32 Å². The Kier molecular flexibility index (Phi) is 3.78. The number of fused-ring (bicyclic) bond motifs is 2. The fraction of sp³-hybridized carbons (Fsp3) is 0.133. The first-order valence-electron chi connectivity index (χ1n) is 6.48. The normalized spacial score (nSPS) is 14.5. The molecule has 0 saturated carbocycles. The number of hydrogen-bond donors (Lipinski definition) is 1. The third-order valence-electron chi connectivity index (χ3n) is 3.33. The van der Waals surface area contributed by atoms with Crippen molar-refractivity contribution in [2.24, 2.45) is 0 Å². The van der Waals surface area contributed by atoms with Crippen LogP contribution in [0.2, 0.25) is 0 Å². The Morgan fingerprint density at radius 3 is 2.25 bits per heavy atom. The predicted octanol–water partition coefficient (Wildman–Crippen LogP) is 5.44. The molecule has 3 rings (SSSR count). The molecule has 0 aliphatic carbocycles. The number of carbonyl (C=O) groups excluding carboxylic acids is 1. The van der Waals surface area contributed by atoms with Gasteiger partial charge in [0.05, 0.1) is 22.4 Å². The minimum absolute atomic E-state index is 0.104. The second-order valence-electron chi connectivity index (χ2n) is 4.94. The molecule has 24 heavy (non-hydrogen) atoms. The van der Waals surface area contributed by atoms with E-state index in [0.717, 1.165) is 24.3 Å². The average Bonchev–Trinajstić information content (AvgIpc) is 2.60. The lowest BCUT2D eigenvalue weighted by Gasteiger charge is -2.13. The molecule has 2 aromatic carbocycles. The molecule has 1 amide bonds. The highest BCUT2D eigenvalue weighted by molar-refractivity contribution is 7.99. The lowest BCUT2D eigenvalue weighted by molar-refractivity contribution is -0.140. The van der Waals surface area contributed by atoms with Crippen molar-refractivity contribution in [2.45, 2.75) is 22.1 Å². The standard InChI is InChI=1S/C15H7F6NOS/c16-14(17,18)7-4-5-11-10(6-7)22-13(23)8-2-1-3-9(12(8)24-11)15(19,20)21/h1-6H,(H,22,23). The van der Waals surface area contributed by atoms with Crippen LogP contribution in [-0.4, -0.2) is 5.91 Å². The Balaban J connectivity index is 2.16. The van der Waals surface area contributed by atoms with Crippen LogP contribution >= 0.6 is 11.8 Å². The second-order valence-corrected chi connectivity index (χ2v) is 6.00. The quantitative estimate of drug-likeness (QED) is 0.632. The lowest BCUT2D eigenvalue weighted by atomic mass is 10.1. The molecule has 0 bridgehead atoms. The molecule has 0 unspecified atom stereocenters. The third kappa shape index (κ3) is 2.95. The van der Waals surface area contributed by atoms with Crippen molar-refractivity contribution in [1.29, 1.82) is 0 Å². The minimum atomic E-state index is -4.69. The topological polar surface area (TPSA) is 29.1 Å². The number of amides is 1. The van der Waals surface area contributed by atoms with E-state index in [1.165, 1.54) is 6.07 Å². The van der Waals surface area contributed by atoms with E-state index in [4.69, 9.17) is 0 Å². The number of hydrogen-bond acceptors (Lipinski definition) is 2. The maximum atomic E-state index is 13.1. The molecular formula is C15H7F6NOS. The first-order valence-corrected chi connectivity index (χ1v) is 7.29. The van der Waals surface area contributed by atoms with Crippen LogP contribution in [0.4, 0.5) is 32.0 Å². The van der Waals surface area contributed by atoms with Gasteiger partial charge >= 0.3 is 12.4 Å². The van der Waals surface area contributed by atoms with Crippen LogP contribution in [0.25, 0.3) is 0 Å². The number of carbonyl (C=O) groups is 1. The van der Waals surface area contributed by atoms with Gasteiger partial charge < -0.3 is 5.32 Å². The summed E-state index contributed by atoms with van der Waals surface area (Å²) in [5.41, 5.74) is -2.42. The molecule has 0 spiro atoms. The van der Waals surface area contributed by atoms with Crippen LogP contribution in [-0.2, 0) is 12.4 Å². The zero-order valence-corrected chi connectivity index (χ0v) is 12.4. The SMILES string of the molecule is O=C1Nc2cc(C(F)(F)F)ccc2Sc2c1cccc2C(F)(F)F. The zero-order valence-electron chi connectivity index (χ0n) is 11.5. The van der Waals surface area contributed by atoms with E-state index in [9.17, 15) is 31.1 Å². The molecule has 1 aliphatic heterocycles. The summed E-state index contributed by atoms with van der Waals surface area (Å²) in [5, 5.41) is 2.24. The first kappa shape index (κ1) is 16.7. The number of nitrogens with one attached hydrogen (secondary N) is 1. The fourth-order valence-corrected chi connectivity index (χ4v) is 3.38. The minimum Gasteiger partial charge on any atom is -0.321 e. The molecule has 126 valence electrons. The average molecular weight is 363 g/mol. The Hall–Kier alpha value is -2.16.